The summed E-state index contributed by atoms with van der Waals surface area (Å²) in [6.45, 7) is 4.19. The Kier molecular flexibility index (Phi) is 5.07. The van der Waals surface area contributed by atoms with Crippen molar-refractivity contribution in [2.75, 3.05) is 5.88 Å². The lowest BCUT2D eigenvalue weighted by Crippen LogP contribution is -2.24. The molecule has 90 valence electrons. The lowest BCUT2D eigenvalue weighted by molar-refractivity contribution is 0.298. The maximum atomic E-state index is 13.7. The summed E-state index contributed by atoms with van der Waals surface area (Å²) in [5, 5.41) is 0.436. The Morgan fingerprint density at radius 2 is 1.88 bits per heavy atom. The molecular weight excluding hydrogens is 246 g/mol. The maximum Gasteiger partial charge on any atom is 0.127 e. The Morgan fingerprint density at radius 3 is 2.31 bits per heavy atom. The van der Waals surface area contributed by atoms with Crippen LogP contribution < -0.4 is 0 Å². The smallest absolute Gasteiger partial charge is 0.127 e. The molecule has 0 aromatic heterocycles. The van der Waals surface area contributed by atoms with Gasteiger partial charge in [-0.05, 0) is 42.4 Å². The van der Waals surface area contributed by atoms with Crippen molar-refractivity contribution >= 4 is 23.2 Å². The summed E-state index contributed by atoms with van der Waals surface area (Å²) in [6.07, 6.45) is 2.58. The quantitative estimate of drug-likeness (QED) is 0.651. The topological polar surface area (TPSA) is 0 Å². The molecule has 0 radical (unpaired) electrons. The first kappa shape index (κ1) is 13.8. The van der Waals surface area contributed by atoms with E-state index < -0.39 is 0 Å². The van der Waals surface area contributed by atoms with E-state index in [0.717, 1.165) is 12.8 Å². The van der Waals surface area contributed by atoms with Crippen molar-refractivity contribution in [3.05, 3.63) is 34.6 Å². The lowest BCUT2D eigenvalue weighted by Gasteiger charge is -2.29. The molecule has 1 aromatic rings. The second kappa shape index (κ2) is 5.88. The Morgan fingerprint density at radius 1 is 1.25 bits per heavy atom. The van der Waals surface area contributed by atoms with Gasteiger partial charge >= 0.3 is 0 Å². The van der Waals surface area contributed by atoms with Crippen LogP contribution in [0.2, 0.25) is 5.02 Å². The highest BCUT2D eigenvalue weighted by atomic mass is 35.5. The lowest BCUT2D eigenvalue weighted by atomic mass is 9.78. The van der Waals surface area contributed by atoms with Crippen LogP contribution in [-0.4, -0.2) is 5.88 Å². The van der Waals surface area contributed by atoms with Crippen LogP contribution >= 0.6 is 23.2 Å². The monoisotopic (exact) mass is 262 g/mol. The molecule has 0 heterocycles. The summed E-state index contributed by atoms with van der Waals surface area (Å²) < 4.78 is 13.7. The number of benzene rings is 1. The van der Waals surface area contributed by atoms with Crippen molar-refractivity contribution in [3.8, 4) is 0 Å². The molecule has 0 saturated heterocycles. The second-order valence-electron chi connectivity index (χ2n) is 4.25. The third kappa shape index (κ3) is 3.11. The predicted octanol–water partition coefficient (Wildman–Crippen LogP) is 5.07. The normalized spacial score (nSPS) is 11.8. The zero-order chi connectivity index (χ0) is 12.2. The van der Waals surface area contributed by atoms with Crippen LogP contribution in [0.1, 0.15) is 32.3 Å². The van der Waals surface area contributed by atoms with E-state index in [4.69, 9.17) is 23.2 Å². The third-order valence-electron chi connectivity index (χ3n) is 3.36. The molecule has 0 atom stereocenters. The van der Waals surface area contributed by atoms with Crippen molar-refractivity contribution in [1.82, 2.24) is 0 Å². The fraction of sp³-hybridized carbons (Fsp3) is 0.538. The average Bonchev–Trinajstić information content (AvgIpc) is 2.29. The van der Waals surface area contributed by atoms with Crippen molar-refractivity contribution in [2.24, 2.45) is 5.41 Å². The molecule has 0 fully saturated rings. The summed E-state index contributed by atoms with van der Waals surface area (Å²) in [6, 6.07) is 4.84. The second-order valence-corrected chi connectivity index (χ2v) is 4.96. The van der Waals surface area contributed by atoms with Crippen LogP contribution in [0.3, 0.4) is 0 Å². The van der Waals surface area contributed by atoms with Gasteiger partial charge < -0.3 is 0 Å². The molecule has 0 unspecified atom stereocenters. The fourth-order valence-corrected chi connectivity index (χ4v) is 2.44. The molecular formula is C13H17Cl2F. The van der Waals surface area contributed by atoms with E-state index in [1.165, 1.54) is 6.07 Å². The van der Waals surface area contributed by atoms with Gasteiger partial charge in [-0.25, -0.2) is 4.39 Å². The van der Waals surface area contributed by atoms with Crippen LogP contribution in [0.25, 0.3) is 0 Å². The minimum atomic E-state index is -0.233. The Bertz CT molecular complexity index is 338. The zero-order valence-electron chi connectivity index (χ0n) is 9.69. The van der Waals surface area contributed by atoms with E-state index in [0.29, 0.717) is 22.9 Å². The molecule has 0 spiro atoms. The molecule has 0 bridgehead atoms. The number of halogens is 3. The number of rotatable bonds is 5. The summed E-state index contributed by atoms with van der Waals surface area (Å²) in [4.78, 5) is 0. The van der Waals surface area contributed by atoms with Crippen LogP contribution in [0.5, 0.6) is 0 Å². The molecule has 0 aliphatic rings. The largest absolute Gasteiger partial charge is 0.207 e. The highest BCUT2D eigenvalue weighted by Crippen LogP contribution is 2.33. The first-order valence-electron chi connectivity index (χ1n) is 5.57. The van der Waals surface area contributed by atoms with Crippen LogP contribution in [-0.2, 0) is 6.42 Å². The van der Waals surface area contributed by atoms with Gasteiger partial charge in [0.2, 0.25) is 0 Å². The Hall–Kier alpha value is -0.270. The average molecular weight is 263 g/mol. The van der Waals surface area contributed by atoms with Crippen LogP contribution in [0.4, 0.5) is 4.39 Å². The van der Waals surface area contributed by atoms with E-state index in [9.17, 15) is 4.39 Å². The van der Waals surface area contributed by atoms with Gasteiger partial charge in [-0.3, -0.25) is 0 Å². The highest BCUT2D eigenvalue weighted by molar-refractivity contribution is 6.30. The molecule has 0 amide bonds. The molecule has 0 aliphatic carbocycles. The summed E-state index contributed by atoms with van der Waals surface area (Å²) in [7, 11) is 0. The van der Waals surface area contributed by atoms with Crippen molar-refractivity contribution < 1.29 is 4.39 Å². The van der Waals surface area contributed by atoms with E-state index in [1.54, 1.807) is 12.1 Å². The van der Waals surface area contributed by atoms with Gasteiger partial charge in [-0.1, -0.05) is 31.5 Å². The SMILES string of the molecule is CCC(CC)(CCl)Cc1ccc(Cl)cc1F. The fourth-order valence-electron chi connectivity index (χ4n) is 1.81. The standard InChI is InChI=1S/C13H17Cl2F/c1-3-13(4-2,9-14)8-10-5-6-11(15)7-12(10)16/h5-7H,3-4,8-9H2,1-2H3. The molecule has 0 aliphatic heterocycles. The molecule has 3 heteroatoms. The number of hydrogen-bond donors (Lipinski definition) is 0. The van der Waals surface area contributed by atoms with Gasteiger partial charge in [0.15, 0.2) is 0 Å². The van der Waals surface area contributed by atoms with Crippen molar-refractivity contribution in [1.29, 1.82) is 0 Å². The van der Waals surface area contributed by atoms with E-state index in [1.807, 2.05) is 0 Å². The van der Waals surface area contributed by atoms with Gasteiger partial charge in [0, 0.05) is 10.9 Å². The van der Waals surface area contributed by atoms with Gasteiger partial charge in [-0.15, -0.1) is 11.6 Å². The van der Waals surface area contributed by atoms with Crippen molar-refractivity contribution in [2.45, 2.75) is 33.1 Å². The first-order valence-corrected chi connectivity index (χ1v) is 6.48. The van der Waals surface area contributed by atoms with Gasteiger partial charge in [0.05, 0.1) is 0 Å². The minimum absolute atomic E-state index is 0.00374. The molecule has 1 aromatic carbocycles. The molecule has 16 heavy (non-hydrogen) atoms. The summed E-state index contributed by atoms with van der Waals surface area (Å²) >= 11 is 11.7. The van der Waals surface area contributed by atoms with Crippen LogP contribution in [0, 0.1) is 11.2 Å². The van der Waals surface area contributed by atoms with E-state index >= 15 is 0 Å². The molecule has 0 saturated carbocycles. The molecule has 0 nitrogen and oxygen atoms in total. The summed E-state index contributed by atoms with van der Waals surface area (Å²) in [5.74, 6) is 0.325. The van der Waals surface area contributed by atoms with Gasteiger partial charge in [-0.2, -0.15) is 0 Å². The molecule has 1 rings (SSSR count). The van der Waals surface area contributed by atoms with E-state index in [2.05, 4.69) is 13.8 Å². The number of alkyl halides is 1. The number of hydrogen-bond acceptors (Lipinski definition) is 0. The van der Waals surface area contributed by atoms with E-state index in [-0.39, 0.29) is 11.2 Å². The Balaban J connectivity index is 2.93. The maximum absolute atomic E-state index is 13.7. The van der Waals surface area contributed by atoms with Crippen molar-refractivity contribution in [3.63, 3.8) is 0 Å². The predicted molar refractivity (Wildman–Crippen MR) is 68.8 cm³/mol. The zero-order valence-corrected chi connectivity index (χ0v) is 11.2. The van der Waals surface area contributed by atoms with Gasteiger partial charge in [0.25, 0.3) is 0 Å². The van der Waals surface area contributed by atoms with Crippen LogP contribution in [0.15, 0.2) is 18.2 Å². The first-order chi connectivity index (χ1) is 7.56. The Labute approximate surface area is 107 Å². The third-order valence-corrected chi connectivity index (χ3v) is 4.17. The summed E-state index contributed by atoms with van der Waals surface area (Å²) in [5.41, 5.74) is 0.699. The van der Waals surface area contributed by atoms with Gasteiger partial charge in [0.1, 0.15) is 5.82 Å². The minimum Gasteiger partial charge on any atom is -0.207 e. The molecule has 0 N–H and O–H groups in total. The highest BCUT2D eigenvalue weighted by Gasteiger charge is 2.26.